The number of nitrogens with two attached hydrogens (primary N) is 1. The third-order valence-electron chi connectivity index (χ3n) is 2.09. The number of nitrogen functional groups attached to an aromatic ring is 1. The van der Waals surface area contributed by atoms with Gasteiger partial charge in [0.25, 0.3) is 0 Å². The largest absolute Gasteiger partial charge is 0.492 e. The summed E-state index contributed by atoms with van der Waals surface area (Å²) < 4.78 is 5.38. The van der Waals surface area contributed by atoms with Crippen LogP contribution in [0.4, 0.5) is 5.69 Å². The molecule has 15 heavy (non-hydrogen) atoms. The number of hydrogen-bond donors (Lipinski definition) is 1. The predicted molar refractivity (Wildman–Crippen MR) is 62.3 cm³/mol. The summed E-state index contributed by atoms with van der Waals surface area (Å²) in [6, 6.07) is 7.27. The Morgan fingerprint density at radius 3 is 2.93 bits per heavy atom. The molecule has 0 saturated heterocycles. The van der Waals surface area contributed by atoms with E-state index in [4.69, 9.17) is 22.1 Å². The van der Waals surface area contributed by atoms with Crippen molar-refractivity contribution in [3.63, 3.8) is 0 Å². The van der Waals surface area contributed by atoms with Crippen LogP contribution < -0.4 is 10.5 Å². The van der Waals surface area contributed by atoms with Crippen LogP contribution >= 0.6 is 11.6 Å². The van der Waals surface area contributed by atoms with Crippen molar-refractivity contribution in [3.8, 4) is 5.75 Å². The van der Waals surface area contributed by atoms with Crippen molar-refractivity contribution in [2.24, 2.45) is 0 Å². The highest BCUT2D eigenvalue weighted by atomic mass is 35.5. The Kier molecular flexibility index (Phi) is 2.64. The standard InChI is InChI=1S/C11H11ClN2O/c1-2-15-10-6-9-7(5-8(10)13)3-4-11(12)14-9/h3-6H,2,13H2,1H3. The molecule has 0 aliphatic heterocycles. The van der Waals surface area contributed by atoms with E-state index in [-0.39, 0.29) is 0 Å². The fraction of sp³-hybridized carbons (Fsp3) is 0.182. The van der Waals surface area contributed by atoms with Gasteiger partial charge in [0.2, 0.25) is 0 Å². The van der Waals surface area contributed by atoms with Gasteiger partial charge in [-0.25, -0.2) is 4.98 Å². The van der Waals surface area contributed by atoms with E-state index in [1.807, 2.05) is 19.1 Å². The highest BCUT2D eigenvalue weighted by Gasteiger charge is 2.04. The predicted octanol–water partition coefficient (Wildman–Crippen LogP) is 2.87. The Morgan fingerprint density at radius 1 is 1.40 bits per heavy atom. The Bertz CT molecular complexity index is 499. The van der Waals surface area contributed by atoms with Crippen LogP contribution in [0.2, 0.25) is 5.15 Å². The summed E-state index contributed by atoms with van der Waals surface area (Å²) in [7, 11) is 0. The van der Waals surface area contributed by atoms with Crippen molar-refractivity contribution in [1.82, 2.24) is 4.98 Å². The first-order chi connectivity index (χ1) is 7.20. The van der Waals surface area contributed by atoms with Crippen molar-refractivity contribution in [3.05, 3.63) is 29.4 Å². The van der Waals surface area contributed by atoms with Gasteiger partial charge >= 0.3 is 0 Å². The van der Waals surface area contributed by atoms with Gasteiger partial charge in [-0.05, 0) is 25.1 Å². The lowest BCUT2D eigenvalue weighted by molar-refractivity contribution is 0.342. The summed E-state index contributed by atoms with van der Waals surface area (Å²) in [6.45, 7) is 2.49. The number of halogens is 1. The van der Waals surface area contributed by atoms with Gasteiger partial charge in [-0.1, -0.05) is 11.6 Å². The lowest BCUT2D eigenvalue weighted by Gasteiger charge is -2.07. The Labute approximate surface area is 92.8 Å². The molecule has 4 heteroatoms. The van der Waals surface area contributed by atoms with E-state index >= 15 is 0 Å². The molecule has 0 atom stereocenters. The molecule has 0 fully saturated rings. The number of anilines is 1. The van der Waals surface area contributed by atoms with Gasteiger partial charge in [-0.2, -0.15) is 0 Å². The molecule has 0 aliphatic rings. The minimum absolute atomic E-state index is 0.467. The average Bonchev–Trinajstić information content (AvgIpc) is 2.20. The molecule has 0 unspecified atom stereocenters. The lowest BCUT2D eigenvalue weighted by atomic mass is 10.2. The van der Waals surface area contributed by atoms with Crippen LogP contribution in [0, 0.1) is 0 Å². The van der Waals surface area contributed by atoms with Crippen LogP contribution in [0.5, 0.6) is 5.75 Å². The quantitative estimate of drug-likeness (QED) is 0.628. The van der Waals surface area contributed by atoms with Crippen LogP contribution in [0.1, 0.15) is 6.92 Å². The third-order valence-corrected chi connectivity index (χ3v) is 2.30. The molecule has 1 heterocycles. The lowest BCUT2D eigenvalue weighted by Crippen LogP contribution is -1.97. The minimum atomic E-state index is 0.467. The normalized spacial score (nSPS) is 10.5. The molecule has 0 radical (unpaired) electrons. The number of nitrogens with zero attached hydrogens (tertiary/aromatic N) is 1. The SMILES string of the molecule is CCOc1cc2nc(Cl)ccc2cc1N. The zero-order valence-corrected chi connectivity index (χ0v) is 9.08. The molecule has 2 aromatic rings. The van der Waals surface area contributed by atoms with Crippen molar-refractivity contribution < 1.29 is 4.74 Å². The van der Waals surface area contributed by atoms with Crippen LogP contribution in [0.15, 0.2) is 24.3 Å². The molecule has 2 N–H and O–H groups in total. The molecule has 0 aliphatic carbocycles. The van der Waals surface area contributed by atoms with E-state index in [1.54, 1.807) is 12.1 Å². The second-order valence-electron chi connectivity index (χ2n) is 3.15. The van der Waals surface area contributed by atoms with Crippen molar-refractivity contribution >= 4 is 28.2 Å². The monoisotopic (exact) mass is 222 g/mol. The second-order valence-corrected chi connectivity index (χ2v) is 3.54. The molecule has 0 spiro atoms. The van der Waals surface area contributed by atoms with Crippen molar-refractivity contribution in [2.75, 3.05) is 12.3 Å². The van der Waals surface area contributed by atoms with E-state index in [9.17, 15) is 0 Å². The third kappa shape index (κ3) is 1.97. The van der Waals surface area contributed by atoms with Gasteiger partial charge in [-0.15, -0.1) is 0 Å². The summed E-state index contributed by atoms with van der Waals surface area (Å²) in [4.78, 5) is 4.19. The smallest absolute Gasteiger partial charge is 0.144 e. The number of pyridine rings is 1. The maximum atomic E-state index is 5.83. The highest BCUT2D eigenvalue weighted by Crippen LogP contribution is 2.27. The summed E-state index contributed by atoms with van der Waals surface area (Å²) in [5.41, 5.74) is 7.24. The number of benzene rings is 1. The molecular formula is C11H11ClN2O. The average molecular weight is 223 g/mol. The molecule has 1 aromatic carbocycles. The van der Waals surface area contributed by atoms with Crippen molar-refractivity contribution in [2.45, 2.75) is 6.92 Å². The first kappa shape index (κ1) is 10.1. The maximum absolute atomic E-state index is 5.83. The zero-order chi connectivity index (χ0) is 10.8. The van der Waals surface area contributed by atoms with Crippen molar-refractivity contribution in [1.29, 1.82) is 0 Å². The van der Waals surface area contributed by atoms with Gasteiger partial charge in [0, 0.05) is 11.5 Å². The molecule has 1 aromatic heterocycles. The fourth-order valence-electron chi connectivity index (χ4n) is 1.43. The zero-order valence-electron chi connectivity index (χ0n) is 8.33. The molecule has 78 valence electrons. The summed E-state index contributed by atoms with van der Waals surface area (Å²) in [5, 5.41) is 1.43. The molecule has 2 rings (SSSR count). The summed E-state index contributed by atoms with van der Waals surface area (Å²) in [5.74, 6) is 0.653. The van der Waals surface area contributed by atoms with E-state index in [2.05, 4.69) is 4.98 Å². The van der Waals surface area contributed by atoms with Crippen LogP contribution in [0.3, 0.4) is 0 Å². The number of aromatic nitrogens is 1. The van der Waals surface area contributed by atoms with E-state index in [0.29, 0.717) is 23.2 Å². The van der Waals surface area contributed by atoms with Gasteiger partial charge in [-0.3, -0.25) is 0 Å². The number of rotatable bonds is 2. The van der Waals surface area contributed by atoms with Gasteiger partial charge in [0.1, 0.15) is 10.9 Å². The Morgan fingerprint density at radius 2 is 2.20 bits per heavy atom. The molecule has 0 bridgehead atoms. The van der Waals surface area contributed by atoms with Gasteiger partial charge in [0.15, 0.2) is 0 Å². The summed E-state index contributed by atoms with van der Waals surface area (Å²) >= 11 is 5.80. The highest BCUT2D eigenvalue weighted by molar-refractivity contribution is 6.29. The van der Waals surface area contributed by atoms with Crippen LogP contribution in [0.25, 0.3) is 10.9 Å². The Balaban J connectivity index is 2.61. The van der Waals surface area contributed by atoms with Gasteiger partial charge < -0.3 is 10.5 Å². The first-order valence-corrected chi connectivity index (χ1v) is 5.07. The number of hydrogen-bond acceptors (Lipinski definition) is 3. The minimum Gasteiger partial charge on any atom is -0.492 e. The number of fused-ring (bicyclic) bond motifs is 1. The van der Waals surface area contributed by atoms with E-state index < -0.39 is 0 Å². The number of ether oxygens (including phenoxy) is 1. The molecule has 3 nitrogen and oxygen atoms in total. The topological polar surface area (TPSA) is 48.1 Å². The Hall–Kier alpha value is -1.48. The van der Waals surface area contributed by atoms with Crippen LogP contribution in [-0.2, 0) is 0 Å². The van der Waals surface area contributed by atoms with E-state index in [0.717, 1.165) is 10.9 Å². The van der Waals surface area contributed by atoms with Gasteiger partial charge in [0.05, 0.1) is 17.8 Å². The maximum Gasteiger partial charge on any atom is 0.144 e. The summed E-state index contributed by atoms with van der Waals surface area (Å²) in [6.07, 6.45) is 0. The molecule has 0 saturated carbocycles. The molecular weight excluding hydrogens is 212 g/mol. The first-order valence-electron chi connectivity index (χ1n) is 4.69. The second kappa shape index (κ2) is 3.95. The molecule has 0 amide bonds. The fourth-order valence-corrected chi connectivity index (χ4v) is 1.58. The van der Waals surface area contributed by atoms with Crippen LogP contribution in [-0.4, -0.2) is 11.6 Å². The van der Waals surface area contributed by atoms with E-state index in [1.165, 1.54) is 0 Å².